The zero-order valence-corrected chi connectivity index (χ0v) is 8.43. The summed E-state index contributed by atoms with van der Waals surface area (Å²) in [4.78, 5) is 3.85. The van der Waals surface area contributed by atoms with Crippen molar-refractivity contribution in [3.05, 3.63) is 60.2 Å². The third kappa shape index (κ3) is 4.41. The summed E-state index contributed by atoms with van der Waals surface area (Å²) >= 11 is 0. The van der Waals surface area contributed by atoms with Crippen molar-refractivity contribution in [1.29, 1.82) is 0 Å². The first kappa shape index (κ1) is 10.5. The van der Waals surface area contributed by atoms with Crippen molar-refractivity contribution in [2.75, 3.05) is 7.05 Å². The molecule has 0 amide bonds. The van der Waals surface area contributed by atoms with E-state index in [-0.39, 0.29) is 0 Å². The minimum atomic E-state index is 0.981. The molecular weight excluding hydrogens is 170 g/mol. The van der Waals surface area contributed by atoms with Crippen LogP contribution in [0.1, 0.15) is 5.56 Å². The average molecular weight is 185 g/mol. The van der Waals surface area contributed by atoms with E-state index < -0.39 is 0 Å². The normalized spacial score (nSPS) is 12.1. The minimum absolute atomic E-state index is 0.981. The SMILES string of the molecule is CN=C/C=C\C=C\Cc1ccccc1. The molecule has 1 rings (SSSR count). The van der Waals surface area contributed by atoms with E-state index in [2.05, 4.69) is 35.3 Å². The number of rotatable bonds is 4. The lowest BCUT2D eigenvalue weighted by Gasteiger charge is -1.92. The van der Waals surface area contributed by atoms with Crippen LogP contribution in [-0.2, 0) is 6.42 Å². The predicted molar refractivity (Wildman–Crippen MR) is 62.8 cm³/mol. The molecule has 0 aromatic heterocycles. The Labute approximate surface area is 85.5 Å². The van der Waals surface area contributed by atoms with E-state index in [0.29, 0.717) is 0 Å². The van der Waals surface area contributed by atoms with Crippen molar-refractivity contribution in [2.24, 2.45) is 4.99 Å². The molecule has 0 aliphatic heterocycles. The lowest BCUT2D eigenvalue weighted by molar-refractivity contribution is 1.27. The second-order valence-corrected chi connectivity index (χ2v) is 2.91. The van der Waals surface area contributed by atoms with E-state index in [1.54, 1.807) is 13.3 Å². The topological polar surface area (TPSA) is 12.4 Å². The first-order valence-electron chi connectivity index (χ1n) is 4.71. The molecule has 1 aromatic carbocycles. The quantitative estimate of drug-likeness (QED) is 0.505. The Balaban J connectivity index is 2.34. The summed E-state index contributed by atoms with van der Waals surface area (Å²) in [6.45, 7) is 0. The van der Waals surface area contributed by atoms with Gasteiger partial charge in [-0.15, -0.1) is 0 Å². The monoisotopic (exact) mass is 185 g/mol. The highest BCUT2D eigenvalue weighted by Crippen LogP contribution is 1.99. The van der Waals surface area contributed by atoms with Gasteiger partial charge in [0.05, 0.1) is 0 Å². The third-order valence-electron chi connectivity index (χ3n) is 1.79. The molecule has 0 atom stereocenters. The van der Waals surface area contributed by atoms with Crippen LogP contribution in [0.15, 0.2) is 59.6 Å². The van der Waals surface area contributed by atoms with E-state index in [1.807, 2.05) is 24.3 Å². The van der Waals surface area contributed by atoms with Crippen molar-refractivity contribution in [3.8, 4) is 0 Å². The van der Waals surface area contributed by atoms with E-state index in [1.165, 1.54) is 5.56 Å². The summed E-state index contributed by atoms with van der Waals surface area (Å²) in [7, 11) is 1.76. The van der Waals surface area contributed by atoms with Gasteiger partial charge in [-0.05, 0) is 18.1 Å². The van der Waals surface area contributed by atoms with Crippen molar-refractivity contribution in [2.45, 2.75) is 6.42 Å². The molecule has 0 fully saturated rings. The maximum atomic E-state index is 3.85. The van der Waals surface area contributed by atoms with Gasteiger partial charge in [-0.25, -0.2) is 0 Å². The van der Waals surface area contributed by atoms with Crippen LogP contribution in [0.2, 0.25) is 0 Å². The van der Waals surface area contributed by atoms with E-state index in [0.717, 1.165) is 6.42 Å². The number of benzene rings is 1. The lowest BCUT2D eigenvalue weighted by atomic mass is 10.1. The third-order valence-corrected chi connectivity index (χ3v) is 1.79. The zero-order valence-electron chi connectivity index (χ0n) is 8.43. The van der Waals surface area contributed by atoms with Crippen molar-refractivity contribution < 1.29 is 0 Å². The second kappa shape index (κ2) is 6.84. The summed E-state index contributed by atoms with van der Waals surface area (Å²) in [6.07, 6.45) is 10.8. The molecule has 72 valence electrons. The van der Waals surface area contributed by atoms with Gasteiger partial charge in [-0.3, -0.25) is 4.99 Å². The molecule has 0 aliphatic carbocycles. The largest absolute Gasteiger partial charge is 0.297 e. The molecule has 0 aliphatic rings. The van der Waals surface area contributed by atoms with E-state index >= 15 is 0 Å². The molecule has 0 unspecified atom stereocenters. The first-order chi connectivity index (χ1) is 6.93. The van der Waals surface area contributed by atoms with Gasteiger partial charge < -0.3 is 0 Å². The summed E-state index contributed by atoms with van der Waals surface area (Å²) < 4.78 is 0. The van der Waals surface area contributed by atoms with E-state index in [4.69, 9.17) is 0 Å². The Morgan fingerprint density at radius 3 is 2.57 bits per heavy atom. The number of aliphatic imine (C=N–C) groups is 1. The van der Waals surface area contributed by atoms with Crippen LogP contribution in [-0.4, -0.2) is 13.3 Å². The van der Waals surface area contributed by atoms with Gasteiger partial charge in [0.25, 0.3) is 0 Å². The van der Waals surface area contributed by atoms with Crippen LogP contribution >= 0.6 is 0 Å². The van der Waals surface area contributed by atoms with Crippen molar-refractivity contribution in [3.63, 3.8) is 0 Å². The molecular formula is C13H15N. The van der Waals surface area contributed by atoms with Gasteiger partial charge in [0.2, 0.25) is 0 Å². The molecule has 1 nitrogen and oxygen atoms in total. The number of nitrogens with zero attached hydrogens (tertiary/aromatic N) is 1. The Morgan fingerprint density at radius 2 is 1.86 bits per heavy atom. The highest BCUT2D eigenvalue weighted by atomic mass is 14.6. The van der Waals surface area contributed by atoms with Crippen LogP contribution in [0.25, 0.3) is 0 Å². The Morgan fingerprint density at radius 1 is 1.07 bits per heavy atom. The van der Waals surface area contributed by atoms with Crippen LogP contribution in [0, 0.1) is 0 Å². The van der Waals surface area contributed by atoms with Crippen LogP contribution in [0.5, 0.6) is 0 Å². The molecule has 0 N–H and O–H groups in total. The second-order valence-electron chi connectivity index (χ2n) is 2.91. The highest BCUT2D eigenvalue weighted by Gasteiger charge is 1.83. The Bertz CT molecular complexity index is 320. The lowest BCUT2D eigenvalue weighted by Crippen LogP contribution is -1.77. The van der Waals surface area contributed by atoms with Gasteiger partial charge >= 0.3 is 0 Å². The van der Waals surface area contributed by atoms with Gasteiger partial charge in [-0.1, -0.05) is 48.6 Å². The maximum Gasteiger partial charge on any atom is 0.0277 e. The standard InChI is InChI=1S/C13H15N/c1-14-12-8-3-2-5-9-13-10-6-4-7-11-13/h2-8,10-12H,9H2,1H3/b5-2+,8-3-,14-12?. The fourth-order valence-electron chi connectivity index (χ4n) is 1.10. The van der Waals surface area contributed by atoms with Crippen molar-refractivity contribution >= 4 is 6.21 Å². The van der Waals surface area contributed by atoms with Gasteiger partial charge in [-0.2, -0.15) is 0 Å². The first-order valence-corrected chi connectivity index (χ1v) is 4.71. The number of hydrogen-bond acceptors (Lipinski definition) is 1. The van der Waals surface area contributed by atoms with Crippen LogP contribution in [0.4, 0.5) is 0 Å². The highest BCUT2D eigenvalue weighted by molar-refractivity contribution is 5.71. The fourth-order valence-corrected chi connectivity index (χ4v) is 1.10. The summed E-state index contributed by atoms with van der Waals surface area (Å²) in [6, 6.07) is 10.4. The summed E-state index contributed by atoms with van der Waals surface area (Å²) in [5.74, 6) is 0. The molecule has 0 bridgehead atoms. The Hall–Kier alpha value is -1.63. The molecule has 0 saturated heterocycles. The zero-order chi connectivity index (χ0) is 10.1. The molecule has 0 heterocycles. The van der Waals surface area contributed by atoms with Crippen LogP contribution < -0.4 is 0 Å². The molecule has 1 heteroatoms. The predicted octanol–water partition coefficient (Wildman–Crippen LogP) is 3.04. The molecule has 14 heavy (non-hydrogen) atoms. The fraction of sp³-hybridized carbons (Fsp3) is 0.154. The summed E-state index contributed by atoms with van der Waals surface area (Å²) in [5, 5.41) is 0. The van der Waals surface area contributed by atoms with Gasteiger partial charge in [0.15, 0.2) is 0 Å². The molecule has 0 saturated carbocycles. The maximum absolute atomic E-state index is 3.85. The Kier molecular flexibility index (Phi) is 5.11. The van der Waals surface area contributed by atoms with Crippen LogP contribution in [0.3, 0.4) is 0 Å². The minimum Gasteiger partial charge on any atom is -0.297 e. The number of allylic oxidation sites excluding steroid dienone is 4. The molecule has 1 aromatic rings. The van der Waals surface area contributed by atoms with Crippen molar-refractivity contribution in [1.82, 2.24) is 0 Å². The average Bonchev–Trinajstić information content (AvgIpc) is 2.25. The smallest absolute Gasteiger partial charge is 0.0277 e. The molecule has 0 spiro atoms. The molecule has 0 radical (unpaired) electrons. The van der Waals surface area contributed by atoms with E-state index in [9.17, 15) is 0 Å². The number of hydrogen-bond donors (Lipinski definition) is 0. The van der Waals surface area contributed by atoms with Gasteiger partial charge in [0, 0.05) is 13.3 Å². The van der Waals surface area contributed by atoms with Gasteiger partial charge in [0.1, 0.15) is 0 Å². The summed E-state index contributed by atoms with van der Waals surface area (Å²) in [5.41, 5.74) is 1.33.